The van der Waals surface area contributed by atoms with Crippen LogP contribution in [-0.4, -0.2) is 66.2 Å². The highest BCUT2D eigenvalue weighted by molar-refractivity contribution is 7.90. The van der Waals surface area contributed by atoms with Crippen LogP contribution in [0.5, 0.6) is 5.19 Å². The third-order valence-corrected chi connectivity index (χ3v) is 7.96. The SMILES string of the molecule is C/C(=C\N=C(/C)N(C)CCC(C)[C@H](C)Oc1nc2ccc(-c3ccc(S(C)(=O)=O)nc3)nc2s1)C(F)(F)F. The Kier molecular flexibility index (Phi) is 9.13. The summed E-state index contributed by atoms with van der Waals surface area (Å²) in [7, 11) is -1.59. The molecule has 0 bridgehead atoms. The summed E-state index contributed by atoms with van der Waals surface area (Å²) in [5, 5.41) is 0.481. The molecule has 8 nitrogen and oxygen atoms in total. The number of hydrogen-bond donors (Lipinski definition) is 0. The number of nitrogens with zero attached hydrogens (tertiary/aromatic N) is 5. The van der Waals surface area contributed by atoms with Crippen molar-refractivity contribution in [2.45, 2.75) is 51.4 Å². The number of halogens is 3. The Labute approximate surface area is 224 Å². The van der Waals surface area contributed by atoms with Gasteiger partial charge in [0.15, 0.2) is 14.9 Å². The molecule has 0 N–H and O–H groups in total. The quantitative estimate of drug-likeness (QED) is 0.238. The Morgan fingerprint density at radius 1 is 1.18 bits per heavy atom. The van der Waals surface area contributed by atoms with Gasteiger partial charge in [0.05, 0.1) is 5.69 Å². The van der Waals surface area contributed by atoms with Gasteiger partial charge < -0.3 is 9.64 Å². The molecule has 0 spiro atoms. The molecule has 0 aromatic carbocycles. The molecule has 0 saturated heterocycles. The van der Waals surface area contributed by atoms with Crippen LogP contribution in [0.25, 0.3) is 21.6 Å². The van der Waals surface area contributed by atoms with Gasteiger partial charge in [-0.25, -0.2) is 28.4 Å². The minimum absolute atomic E-state index is 0.000870. The van der Waals surface area contributed by atoms with Gasteiger partial charge in [-0.15, -0.1) is 0 Å². The van der Waals surface area contributed by atoms with Crippen molar-refractivity contribution in [2.24, 2.45) is 10.9 Å². The van der Waals surface area contributed by atoms with Gasteiger partial charge in [0.2, 0.25) is 0 Å². The number of alkyl halides is 3. The number of rotatable bonds is 9. The van der Waals surface area contributed by atoms with Crippen molar-refractivity contribution in [1.82, 2.24) is 19.9 Å². The zero-order chi connectivity index (χ0) is 28.3. The molecule has 3 aromatic heterocycles. The van der Waals surface area contributed by atoms with Crippen molar-refractivity contribution < 1.29 is 26.3 Å². The van der Waals surface area contributed by atoms with Gasteiger partial charge in [0, 0.05) is 43.4 Å². The average Bonchev–Trinajstić information content (AvgIpc) is 3.25. The lowest BCUT2D eigenvalue weighted by Gasteiger charge is -2.24. The highest BCUT2D eigenvalue weighted by Gasteiger charge is 2.29. The van der Waals surface area contributed by atoms with Crippen LogP contribution in [0, 0.1) is 5.92 Å². The van der Waals surface area contributed by atoms with Crippen molar-refractivity contribution in [3.63, 3.8) is 0 Å². The minimum Gasteiger partial charge on any atom is -0.467 e. The van der Waals surface area contributed by atoms with Crippen molar-refractivity contribution >= 4 is 37.4 Å². The van der Waals surface area contributed by atoms with E-state index >= 15 is 0 Å². The predicted molar refractivity (Wildman–Crippen MR) is 143 cm³/mol. The summed E-state index contributed by atoms with van der Waals surface area (Å²) < 4.78 is 67.3. The molecule has 0 aliphatic carbocycles. The molecule has 0 saturated carbocycles. The number of thiazole rings is 1. The predicted octanol–water partition coefficient (Wildman–Crippen LogP) is 5.77. The number of ether oxygens (including phenoxy) is 1. The molecule has 2 atom stereocenters. The summed E-state index contributed by atoms with van der Waals surface area (Å²) in [5.74, 6) is 0.622. The molecule has 13 heteroatoms. The van der Waals surface area contributed by atoms with E-state index in [4.69, 9.17) is 4.74 Å². The standard InChI is InChI=1S/C25H30F3N5O3S2/c1-15(11-12-33(5)18(4)29-13-16(2)25(26,27)28)17(3)36-24-32-21-9-8-20(31-23(21)37-24)19-7-10-22(30-14-19)38(6,34)35/h7-10,13-15,17H,11-12H2,1-6H3/b16-13+,29-18+/t15?,17-/m0/s1. The van der Waals surface area contributed by atoms with E-state index in [0.717, 1.165) is 25.8 Å². The Morgan fingerprint density at radius 2 is 1.89 bits per heavy atom. The van der Waals surface area contributed by atoms with Crippen molar-refractivity contribution in [3.05, 3.63) is 42.2 Å². The van der Waals surface area contributed by atoms with Crippen molar-refractivity contribution in [1.29, 1.82) is 0 Å². The molecule has 3 aromatic rings. The molecular formula is C25H30F3N5O3S2. The van der Waals surface area contributed by atoms with Crippen LogP contribution in [0.15, 0.2) is 52.3 Å². The normalized spacial score (nSPS) is 15.0. The van der Waals surface area contributed by atoms with Gasteiger partial charge in [-0.05, 0) is 57.4 Å². The summed E-state index contributed by atoms with van der Waals surface area (Å²) in [5.41, 5.74) is 1.26. The van der Waals surface area contributed by atoms with E-state index in [1.807, 2.05) is 24.8 Å². The fourth-order valence-corrected chi connectivity index (χ4v) is 4.62. The molecule has 0 aliphatic heterocycles. The molecule has 3 heterocycles. The van der Waals surface area contributed by atoms with Gasteiger partial charge in [0.1, 0.15) is 22.3 Å². The van der Waals surface area contributed by atoms with Gasteiger partial charge in [-0.2, -0.15) is 13.2 Å². The molecule has 206 valence electrons. The molecule has 0 amide bonds. The van der Waals surface area contributed by atoms with Crippen LogP contribution in [0.1, 0.15) is 34.1 Å². The number of allylic oxidation sites excluding steroid dienone is 1. The Hall–Kier alpha value is -3.06. The molecular weight excluding hydrogens is 539 g/mol. The van der Waals surface area contributed by atoms with Crippen LogP contribution < -0.4 is 4.74 Å². The van der Waals surface area contributed by atoms with Crippen LogP contribution in [-0.2, 0) is 9.84 Å². The van der Waals surface area contributed by atoms with Gasteiger partial charge in [0.25, 0.3) is 5.19 Å². The number of fused-ring (bicyclic) bond motifs is 1. The third-order valence-electron chi connectivity index (χ3n) is 6.10. The van der Waals surface area contributed by atoms with Gasteiger partial charge in [-0.3, -0.25) is 0 Å². The topological polar surface area (TPSA) is 97.6 Å². The monoisotopic (exact) mass is 569 g/mol. The third kappa shape index (κ3) is 7.73. The average molecular weight is 570 g/mol. The zero-order valence-corrected chi connectivity index (χ0v) is 23.6. The van der Waals surface area contributed by atoms with E-state index in [1.165, 1.54) is 23.6 Å². The van der Waals surface area contributed by atoms with E-state index in [-0.39, 0.29) is 17.0 Å². The lowest BCUT2D eigenvalue weighted by molar-refractivity contribution is -0.0914. The van der Waals surface area contributed by atoms with E-state index in [0.29, 0.717) is 39.2 Å². The Morgan fingerprint density at radius 3 is 2.50 bits per heavy atom. The first-order valence-electron chi connectivity index (χ1n) is 11.8. The molecule has 1 unspecified atom stereocenters. The Balaban J connectivity index is 1.61. The first kappa shape index (κ1) is 29.5. The number of sulfone groups is 1. The maximum absolute atomic E-state index is 12.6. The lowest BCUT2D eigenvalue weighted by atomic mass is 10.0. The van der Waals surface area contributed by atoms with Gasteiger partial charge in [-0.1, -0.05) is 18.3 Å². The minimum atomic E-state index is -4.38. The van der Waals surface area contributed by atoms with E-state index in [9.17, 15) is 21.6 Å². The second-order valence-corrected chi connectivity index (χ2v) is 12.1. The van der Waals surface area contributed by atoms with Crippen molar-refractivity contribution in [3.8, 4) is 16.5 Å². The van der Waals surface area contributed by atoms with E-state index in [2.05, 4.69) is 19.9 Å². The van der Waals surface area contributed by atoms with Crippen LogP contribution in [0.4, 0.5) is 13.2 Å². The largest absolute Gasteiger partial charge is 0.467 e. The van der Waals surface area contributed by atoms with Crippen LogP contribution >= 0.6 is 11.3 Å². The van der Waals surface area contributed by atoms with E-state index < -0.39 is 21.6 Å². The molecule has 3 rings (SSSR count). The summed E-state index contributed by atoms with van der Waals surface area (Å²) in [6.07, 6.45) is -0.394. The number of amidine groups is 1. The van der Waals surface area contributed by atoms with E-state index in [1.54, 1.807) is 26.1 Å². The first-order chi connectivity index (χ1) is 17.6. The fourth-order valence-electron chi connectivity index (χ4n) is 3.19. The van der Waals surface area contributed by atoms with Crippen molar-refractivity contribution in [2.75, 3.05) is 19.8 Å². The molecule has 0 aliphatic rings. The number of aromatic nitrogens is 3. The maximum atomic E-state index is 12.6. The molecule has 0 fully saturated rings. The summed E-state index contributed by atoms with van der Waals surface area (Å²) in [6.45, 7) is 7.24. The summed E-state index contributed by atoms with van der Waals surface area (Å²) >= 11 is 1.31. The van der Waals surface area contributed by atoms with Crippen LogP contribution in [0.2, 0.25) is 0 Å². The highest BCUT2D eigenvalue weighted by atomic mass is 32.2. The summed E-state index contributed by atoms with van der Waals surface area (Å²) in [4.78, 5) is 19.6. The fraction of sp³-hybridized carbons (Fsp3) is 0.440. The smallest absolute Gasteiger partial charge is 0.413 e. The number of pyridine rings is 2. The second-order valence-electron chi connectivity index (χ2n) is 9.15. The first-order valence-corrected chi connectivity index (χ1v) is 14.5. The summed E-state index contributed by atoms with van der Waals surface area (Å²) in [6, 6.07) is 6.73. The van der Waals surface area contributed by atoms with Crippen LogP contribution in [0.3, 0.4) is 0 Å². The number of aliphatic imine (C=N–C) groups is 1. The molecule has 38 heavy (non-hydrogen) atoms. The molecule has 0 radical (unpaired) electrons. The number of hydrogen-bond acceptors (Lipinski definition) is 8. The lowest BCUT2D eigenvalue weighted by Crippen LogP contribution is -2.29. The second kappa shape index (κ2) is 11.8. The highest BCUT2D eigenvalue weighted by Crippen LogP contribution is 2.30. The maximum Gasteiger partial charge on any atom is 0.413 e. The zero-order valence-electron chi connectivity index (χ0n) is 21.9. The van der Waals surface area contributed by atoms with Gasteiger partial charge >= 0.3 is 6.18 Å². The Bertz CT molecular complexity index is 1430.